The van der Waals surface area contributed by atoms with Gasteiger partial charge < -0.3 is 14.8 Å². The zero-order valence-electron chi connectivity index (χ0n) is 17.1. The molecule has 1 aromatic heterocycles. The van der Waals surface area contributed by atoms with Crippen LogP contribution in [-0.4, -0.2) is 15.1 Å². The number of aromatic amines is 1. The van der Waals surface area contributed by atoms with Gasteiger partial charge in [-0.1, -0.05) is 72.6 Å². The molecular formula is C26H23ClN2O2. The highest BCUT2D eigenvalue weighted by atomic mass is 35.5. The van der Waals surface area contributed by atoms with Crippen molar-refractivity contribution in [1.82, 2.24) is 9.97 Å². The molecular weight excluding hydrogens is 408 g/mol. The summed E-state index contributed by atoms with van der Waals surface area (Å²) in [6, 6.07) is 4.12. The molecule has 156 valence electrons. The molecule has 1 atom stereocenters. The maximum Gasteiger partial charge on any atom is 0.299 e. The average molecular weight is 431 g/mol. The van der Waals surface area contributed by atoms with E-state index >= 15 is 0 Å². The SMILES string of the molecule is C=C(O)CCC1=CC=CCC(Oc2nc3cc(Cl)c(C#CC4C=CC=CC4)cc3[nH]2)=C1. The first kappa shape index (κ1) is 20.8. The van der Waals surface area contributed by atoms with Crippen LogP contribution in [0.5, 0.6) is 6.01 Å². The lowest BCUT2D eigenvalue weighted by Crippen LogP contribution is -1.96. The third kappa shape index (κ3) is 5.59. The summed E-state index contributed by atoms with van der Waals surface area (Å²) in [5.41, 5.74) is 3.36. The number of benzene rings is 1. The fourth-order valence-electron chi connectivity index (χ4n) is 3.34. The summed E-state index contributed by atoms with van der Waals surface area (Å²) in [5, 5.41) is 9.93. The molecule has 31 heavy (non-hydrogen) atoms. The molecule has 2 N–H and O–H groups in total. The van der Waals surface area contributed by atoms with E-state index in [0.717, 1.165) is 34.3 Å². The van der Waals surface area contributed by atoms with Gasteiger partial charge in [-0.3, -0.25) is 0 Å². The summed E-state index contributed by atoms with van der Waals surface area (Å²) in [6.07, 6.45) is 19.0. The summed E-state index contributed by atoms with van der Waals surface area (Å²) >= 11 is 6.44. The molecule has 0 amide bonds. The van der Waals surface area contributed by atoms with Crippen LogP contribution < -0.4 is 4.74 Å². The molecule has 2 aliphatic carbocycles. The lowest BCUT2D eigenvalue weighted by molar-refractivity contribution is 0.385. The Morgan fingerprint density at radius 3 is 3.00 bits per heavy atom. The fraction of sp³-hybridized carbons (Fsp3) is 0.192. The van der Waals surface area contributed by atoms with Crippen molar-refractivity contribution in [2.75, 3.05) is 0 Å². The van der Waals surface area contributed by atoms with Crippen LogP contribution in [0.4, 0.5) is 0 Å². The maximum atomic E-state index is 9.36. The van der Waals surface area contributed by atoms with E-state index in [9.17, 15) is 5.11 Å². The molecule has 0 spiro atoms. The van der Waals surface area contributed by atoms with E-state index in [2.05, 4.69) is 40.5 Å². The minimum atomic E-state index is 0.175. The number of nitrogens with one attached hydrogen (secondary N) is 1. The van der Waals surface area contributed by atoms with Crippen LogP contribution in [0.15, 0.2) is 84.4 Å². The highest BCUT2D eigenvalue weighted by molar-refractivity contribution is 6.32. The number of aliphatic hydroxyl groups is 1. The number of halogens is 1. The van der Waals surface area contributed by atoms with Gasteiger partial charge in [-0.2, -0.15) is 4.98 Å². The second-order valence-electron chi connectivity index (χ2n) is 7.47. The van der Waals surface area contributed by atoms with E-state index in [1.54, 1.807) is 6.07 Å². The number of nitrogens with zero attached hydrogens (tertiary/aromatic N) is 1. The number of aromatic nitrogens is 2. The Morgan fingerprint density at radius 2 is 2.19 bits per heavy atom. The molecule has 1 heterocycles. The Labute approximate surface area is 187 Å². The van der Waals surface area contributed by atoms with Crippen molar-refractivity contribution in [3.8, 4) is 17.9 Å². The summed E-state index contributed by atoms with van der Waals surface area (Å²) < 4.78 is 6.01. The second-order valence-corrected chi connectivity index (χ2v) is 7.88. The van der Waals surface area contributed by atoms with Gasteiger partial charge in [-0.15, -0.1) is 0 Å². The van der Waals surface area contributed by atoms with E-state index in [0.29, 0.717) is 30.3 Å². The van der Waals surface area contributed by atoms with Gasteiger partial charge in [-0.25, -0.2) is 0 Å². The second kappa shape index (κ2) is 9.59. The third-order valence-corrected chi connectivity index (χ3v) is 5.28. The van der Waals surface area contributed by atoms with Gasteiger partial charge in [0.05, 0.1) is 21.8 Å². The molecule has 5 heteroatoms. The van der Waals surface area contributed by atoms with Crippen molar-refractivity contribution in [2.45, 2.75) is 25.7 Å². The minimum absolute atomic E-state index is 0.175. The molecule has 2 aliphatic rings. The van der Waals surface area contributed by atoms with Crippen LogP contribution in [0.25, 0.3) is 11.0 Å². The number of ether oxygens (including phenoxy) is 1. The van der Waals surface area contributed by atoms with Crippen molar-refractivity contribution >= 4 is 22.6 Å². The van der Waals surface area contributed by atoms with Gasteiger partial charge in [0.15, 0.2) is 0 Å². The molecule has 0 saturated carbocycles. The number of rotatable bonds is 5. The first-order valence-corrected chi connectivity index (χ1v) is 10.6. The van der Waals surface area contributed by atoms with Crippen molar-refractivity contribution in [3.05, 3.63) is 95.0 Å². The topological polar surface area (TPSA) is 58.1 Å². The minimum Gasteiger partial charge on any atom is -0.513 e. The molecule has 0 saturated heterocycles. The van der Waals surface area contributed by atoms with Gasteiger partial charge in [0.2, 0.25) is 0 Å². The zero-order valence-corrected chi connectivity index (χ0v) is 17.8. The lowest BCUT2D eigenvalue weighted by atomic mass is 10.0. The molecule has 4 rings (SSSR count). The summed E-state index contributed by atoms with van der Waals surface area (Å²) in [5.74, 6) is 7.60. The molecule has 4 nitrogen and oxygen atoms in total. The fourth-order valence-corrected chi connectivity index (χ4v) is 3.54. The van der Waals surface area contributed by atoms with Gasteiger partial charge in [0, 0.05) is 24.3 Å². The highest BCUT2D eigenvalue weighted by Crippen LogP contribution is 2.26. The Hall–Kier alpha value is -3.42. The van der Waals surface area contributed by atoms with Crippen LogP contribution in [0.1, 0.15) is 31.2 Å². The number of aliphatic hydroxyl groups excluding tert-OH is 1. The van der Waals surface area contributed by atoms with Crippen LogP contribution in [0, 0.1) is 17.8 Å². The number of fused-ring (bicyclic) bond motifs is 1. The first-order chi connectivity index (χ1) is 15.1. The Bertz CT molecular complexity index is 1220. The number of hydrogen-bond acceptors (Lipinski definition) is 3. The third-order valence-electron chi connectivity index (χ3n) is 4.96. The van der Waals surface area contributed by atoms with Crippen LogP contribution >= 0.6 is 11.6 Å². The predicted octanol–water partition coefficient (Wildman–Crippen LogP) is 6.70. The molecule has 1 unspecified atom stereocenters. The summed E-state index contributed by atoms with van der Waals surface area (Å²) in [6.45, 7) is 3.54. The monoisotopic (exact) mass is 430 g/mol. The van der Waals surface area contributed by atoms with E-state index in [4.69, 9.17) is 16.3 Å². The van der Waals surface area contributed by atoms with Crippen LogP contribution in [0.3, 0.4) is 0 Å². The standard InChI is InChI=1S/C26H23ClN2O2/c1-18(30)11-12-20-9-5-6-10-22(15-20)31-26-28-24-16-21(23(27)17-25(24)29-26)14-13-19-7-3-2-4-8-19/h2-7,9,15-17,19,30H,1,8,10-12H2,(H,28,29). The quantitative estimate of drug-likeness (QED) is 0.409. The number of allylic oxidation sites excluding steroid dienone is 10. The molecule has 0 bridgehead atoms. The van der Waals surface area contributed by atoms with Crippen molar-refractivity contribution in [2.24, 2.45) is 5.92 Å². The first-order valence-electron chi connectivity index (χ1n) is 10.2. The van der Waals surface area contributed by atoms with Crippen molar-refractivity contribution in [3.63, 3.8) is 0 Å². The van der Waals surface area contributed by atoms with E-state index < -0.39 is 0 Å². The molecule has 0 radical (unpaired) electrons. The van der Waals surface area contributed by atoms with Gasteiger partial charge in [0.1, 0.15) is 5.76 Å². The van der Waals surface area contributed by atoms with Crippen LogP contribution in [0.2, 0.25) is 5.02 Å². The Morgan fingerprint density at radius 1 is 1.29 bits per heavy atom. The van der Waals surface area contributed by atoms with E-state index in [1.165, 1.54) is 0 Å². The largest absolute Gasteiger partial charge is 0.513 e. The van der Waals surface area contributed by atoms with E-state index in [1.807, 2.05) is 42.5 Å². The van der Waals surface area contributed by atoms with E-state index in [-0.39, 0.29) is 11.7 Å². The number of hydrogen-bond donors (Lipinski definition) is 2. The van der Waals surface area contributed by atoms with Gasteiger partial charge >= 0.3 is 0 Å². The number of imidazole rings is 1. The molecule has 1 aromatic carbocycles. The zero-order chi connectivity index (χ0) is 21.6. The summed E-state index contributed by atoms with van der Waals surface area (Å²) in [7, 11) is 0. The van der Waals surface area contributed by atoms with Crippen molar-refractivity contribution < 1.29 is 9.84 Å². The van der Waals surface area contributed by atoms with Crippen LogP contribution in [-0.2, 0) is 0 Å². The maximum absolute atomic E-state index is 9.36. The Balaban J connectivity index is 1.53. The van der Waals surface area contributed by atoms with Crippen molar-refractivity contribution in [1.29, 1.82) is 0 Å². The smallest absolute Gasteiger partial charge is 0.299 e. The normalized spacial score (nSPS) is 17.5. The van der Waals surface area contributed by atoms with Gasteiger partial charge in [0.25, 0.3) is 6.01 Å². The Kier molecular flexibility index (Phi) is 6.45. The highest BCUT2D eigenvalue weighted by Gasteiger charge is 2.11. The number of H-pyrrole nitrogens is 1. The molecule has 2 aromatic rings. The lowest BCUT2D eigenvalue weighted by Gasteiger charge is -2.06. The predicted molar refractivity (Wildman–Crippen MR) is 126 cm³/mol. The van der Waals surface area contributed by atoms with Gasteiger partial charge in [-0.05, 0) is 36.6 Å². The average Bonchev–Trinajstić information content (AvgIpc) is 2.99. The molecule has 0 fully saturated rings. The summed E-state index contributed by atoms with van der Waals surface area (Å²) in [4.78, 5) is 7.73. The molecule has 0 aliphatic heterocycles.